The third-order valence-electron chi connectivity index (χ3n) is 2.89. The van der Waals surface area contributed by atoms with Gasteiger partial charge in [-0.05, 0) is 25.1 Å². The molecule has 5 nitrogen and oxygen atoms in total. The fraction of sp³-hybridized carbons (Fsp3) is 0.286. The molecule has 1 heterocycles. The van der Waals surface area contributed by atoms with Crippen LogP contribution in [-0.2, 0) is 22.7 Å². The Bertz CT molecular complexity index is 707. The first kappa shape index (κ1) is 15.6. The zero-order chi connectivity index (χ0) is 15.4. The highest BCUT2D eigenvalue weighted by Crippen LogP contribution is 2.23. The summed E-state index contributed by atoms with van der Waals surface area (Å²) in [5, 5.41) is 2.24. The number of ether oxygens (including phenoxy) is 2. The molecule has 0 bridgehead atoms. The lowest BCUT2D eigenvalue weighted by Crippen LogP contribution is -2.22. The third kappa shape index (κ3) is 3.86. The van der Waals surface area contributed by atoms with Crippen molar-refractivity contribution >= 4 is 28.9 Å². The van der Waals surface area contributed by atoms with Crippen LogP contribution in [0.25, 0.3) is 0 Å². The molecule has 0 aliphatic carbocycles. The number of thiazole rings is 1. The summed E-state index contributed by atoms with van der Waals surface area (Å²) in [5.74, 6) is 0.108. The molecule has 0 N–H and O–H groups in total. The molecule has 1 aromatic heterocycles. The smallest absolute Gasteiger partial charge is 0.326 e. The van der Waals surface area contributed by atoms with Gasteiger partial charge < -0.3 is 9.47 Å². The first-order valence-electron chi connectivity index (χ1n) is 6.14. The highest BCUT2D eigenvalue weighted by Gasteiger charge is 2.11. The van der Waals surface area contributed by atoms with Gasteiger partial charge in [0.15, 0.2) is 0 Å². The number of methoxy groups -OCH3 is 1. The average molecular weight is 328 g/mol. The Kier molecular flexibility index (Phi) is 5.03. The van der Waals surface area contributed by atoms with Gasteiger partial charge in [0.1, 0.15) is 18.9 Å². The molecule has 21 heavy (non-hydrogen) atoms. The van der Waals surface area contributed by atoms with Crippen molar-refractivity contribution in [3.05, 3.63) is 49.5 Å². The van der Waals surface area contributed by atoms with E-state index in [1.54, 1.807) is 30.5 Å². The first-order chi connectivity index (χ1) is 10.0. The number of nitrogens with zero attached hydrogens (tertiary/aromatic N) is 1. The molecule has 0 atom stereocenters. The largest absolute Gasteiger partial charge is 0.496 e. The third-order valence-corrected chi connectivity index (χ3v) is 4.01. The van der Waals surface area contributed by atoms with E-state index in [9.17, 15) is 9.59 Å². The van der Waals surface area contributed by atoms with Crippen LogP contribution >= 0.6 is 22.9 Å². The molecule has 0 radical (unpaired) electrons. The number of benzene rings is 1. The number of esters is 1. The van der Waals surface area contributed by atoms with Crippen LogP contribution in [-0.4, -0.2) is 17.6 Å². The van der Waals surface area contributed by atoms with Gasteiger partial charge in [-0.15, -0.1) is 0 Å². The normalized spacial score (nSPS) is 10.4. The van der Waals surface area contributed by atoms with E-state index in [0.29, 0.717) is 16.3 Å². The van der Waals surface area contributed by atoms with E-state index in [4.69, 9.17) is 21.1 Å². The van der Waals surface area contributed by atoms with E-state index in [-0.39, 0.29) is 18.0 Å². The summed E-state index contributed by atoms with van der Waals surface area (Å²) in [7, 11) is 1.53. The Morgan fingerprint density at radius 1 is 1.43 bits per heavy atom. The van der Waals surface area contributed by atoms with Crippen LogP contribution in [0.2, 0.25) is 5.02 Å². The second-order valence-electron chi connectivity index (χ2n) is 4.35. The molecular weight excluding hydrogens is 314 g/mol. The molecule has 0 saturated carbocycles. The van der Waals surface area contributed by atoms with E-state index in [1.807, 2.05) is 0 Å². The van der Waals surface area contributed by atoms with Crippen LogP contribution in [0.5, 0.6) is 5.75 Å². The minimum Gasteiger partial charge on any atom is -0.496 e. The van der Waals surface area contributed by atoms with Crippen LogP contribution in [0, 0.1) is 6.92 Å². The van der Waals surface area contributed by atoms with Crippen molar-refractivity contribution in [1.82, 2.24) is 4.57 Å². The Morgan fingerprint density at radius 3 is 2.81 bits per heavy atom. The number of aromatic nitrogens is 1. The summed E-state index contributed by atoms with van der Waals surface area (Å²) in [6.45, 7) is 1.71. The number of carbonyl (C=O) groups is 1. The number of halogens is 1. The first-order valence-corrected chi connectivity index (χ1v) is 7.40. The van der Waals surface area contributed by atoms with Crippen LogP contribution in [0.4, 0.5) is 0 Å². The van der Waals surface area contributed by atoms with Crippen LogP contribution in [0.15, 0.2) is 28.4 Å². The quantitative estimate of drug-likeness (QED) is 0.792. The molecule has 2 rings (SSSR count). The van der Waals surface area contributed by atoms with Crippen molar-refractivity contribution in [2.75, 3.05) is 7.11 Å². The summed E-state index contributed by atoms with van der Waals surface area (Å²) in [5.41, 5.74) is 1.41. The standard InChI is InChI=1S/C14H14ClNO4S/c1-9-8-21-14(18)16(9)6-13(17)20-7-10-5-11(15)3-4-12(10)19-2/h3-5,8H,6-7H2,1-2H3. The Morgan fingerprint density at radius 2 is 2.19 bits per heavy atom. The van der Waals surface area contributed by atoms with E-state index >= 15 is 0 Å². The van der Waals surface area contributed by atoms with Crippen molar-refractivity contribution < 1.29 is 14.3 Å². The molecule has 2 aromatic rings. The molecule has 0 saturated heterocycles. The molecule has 7 heteroatoms. The zero-order valence-electron chi connectivity index (χ0n) is 11.6. The van der Waals surface area contributed by atoms with Gasteiger partial charge in [0.05, 0.1) is 7.11 Å². The molecule has 0 fully saturated rings. The molecular formula is C14H14ClNO4S. The van der Waals surface area contributed by atoms with Crippen LogP contribution in [0.3, 0.4) is 0 Å². The zero-order valence-corrected chi connectivity index (χ0v) is 13.2. The van der Waals surface area contributed by atoms with Gasteiger partial charge in [-0.2, -0.15) is 0 Å². The number of rotatable bonds is 5. The van der Waals surface area contributed by atoms with E-state index in [1.165, 1.54) is 11.7 Å². The average Bonchev–Trinajstić information content (AvgIpc) is 2.77. The Balaban J connectivity index is 2.02. The van der Waals surface area contributed by atoms with Crippen molar-refractivity contribution in [2.24, 2.45) is 0 Å². The highest BCUT2D eigenvalue weighted by atomic mass is 35.5. The summed E-state index contributed by atoms with van der Waals surface area (Å²) < 4.78 is 11.7. The number of carbonyl (C=O) groups excluding carboxylic acids is 1. The van der Waals surface area contributed by atoms with Gasteiger partial charge in [0.2, 0.25) is 0 Å². The molecule has 0 amide bonds. The maximum Gasteiger partial charge on any atom is 0.326 e. The lowest BCUT2D eigenvalue weighted by Gasteiger charge is -2.10. The van der Waals surface area contributed by atoms with Crippen molar-refractivity contribution in [3.8, 4) is 5.75 Å². The monoisotopic (exact) mass is 327 g/mol. The summed E-state index contributed by atoms with van der Waals surface area (Å²) in [6.07, 6.45) is 0. The Hall–Kier alpha value is -1.79. The molecule has 1 aromatic carbocycles. The second kappa shape index (κ2) is 6.78. The fourth-order valence-electron chi connectivity index (χ4n) is 1.79. The SMILES string of the molecule is COc1ccc(Cl)cc1COC(=O)Cn1c(C)csc1=O. The van der Waals surface area contributed by atoms with E-state index in [2.05, 4.69) is 0 Å². The molecule has 0 spiro atoms. The number of aryl methyl sites for hydroxylation is 1. The lowest BCUT2D eigenvalue weighted by molar-refractivity contribution is -0.145. The van der Waals surface area contributed by atoms with Gasteiger partial charge in [-0.1, -0.05) is 22.9 Å². The summed E-state index contributed by atoms with van der Waals surface area (Å²) in [4.78, 5) is 23.2. The second-order valence-corrected chi connectivity index (χ2v) is 5.60. The van der Waals surface area contributed by atoms with Gasteiger partial charge >= 0.3 is 10.8 Å². The number of hydrogen-bond acceptors (Lipinski definition) is 5. The Labute approximate surface area is 130 Å². The molecule has 0 unspecified atom stereocenters. The molecule has 0 aliphatic heterocycles. The van der Waals surface area contributed by atoms with E-state index in [0.717, 1.165) is 17.0 Å². The minimum atomic E-state index is -0.486. The topological polar surface area (TPSA) is 57.5 Å². The highest BCUT2D eigenvalue weighted by molar-refractivity contribution is 7.07. The predicted molar refractivity (Wildman–Crippen MR) is 81.1 cm³/mol. The van der Waals surface area contributed by atoms with Crippen LogP contribution < -0.4 is 9.61 Å². The maximum atomic E-state index is 11.8. The van der Waals surface area contributed by atoms with Gasteiger partial charge in [0.25, 0.3) is 0 Å². The predicted octanol–water partition coefficient (Wildman–Crippen LogP) is 2.62. The summed E-state index contributed by atoms with van der Waals surface area (Å²) in [6, 6.07) is 5.08. The van der Waals surface area contributed by atoms with Gasteiger partial charge in [-0.3, -0.25) is 14.2 Å². The van der Waals surface area contributed by atoms with Crippen molar-refractivity contribution in [2.45, 2.75) is 20.1 Å². The van der Waals surface area contributed by atoms with Crippen molar-refractivity contribution in [1.29, 1.82) is 0 Å². The van der Waals surface area contributed by atoms with Gasteiger partial charge in [0, 0.05) is 21.7 Å². The lowest BCUT2D eigenvalue weighted by atomic mass is 10.2. The minimum absolute atomic E-state index is 0.0422. The van der Waals surface area contributed by atoms with Crippen molar-refractivity contribution in [3.63, 3.8) is 0 Å². The van der Waals surface area contributed by atoms with Crippen LogP contribution in [0.1, 0.15) is 11.3 Å². The number of hydrogen-bond donors (Lipinski definition) is 0. The maximum absolute atomic E-state index is 11.8. The van der Waals surface area contributed by atoms with E-state index < -0.39 is 5.97 Å². The summed E-state index contributed by atoms with van der Waals surface area (Å²) >= 11 is 6.96. The molecule has 112 valence electrons. The van der Waals surface area contributed by atoms with Gasteiger partial charge in [-0.25, -0.2) is 0 Å². The molecule has 0 aliphatic rings. The fourth-order valence-corrected chi connectivity index (χ4v) is 2.72.